The second-order valence-corrected chi connectivity index (χ2v) is 5.57. The molecule has 17 heavy (non-hydrogen) atoms. The Kier molecular flexibility index (Phi) is 14.3. The van der Waals surface area contributed by atoms with Crippen molar-refractivity contribution in [1.29, 1.82) is 0 Å². The van der Waals surface area contributed by atoms with Gasteiger partial charge >= 0.3 is 0 Å². The minimum atomic E-state index is 0. The van der Waals surface area contributed by atoms with Crippen molar-refractivity contribution in [2.24, 2.45) is 11.7 Å². The van der Waals surface area contributed by atoms with E-state index in [1.165, 1.54) is 0 Å². The average Bonchev–Trinajstić information content (AvgIpc) is 2.23. The highest BCUT2D eigenvalue weighted by Crippen LogP contribution is 2.05. The lowest BCUT2D eigenvalue weighted by atomic mass is 10.0. The van der Waals surface area contributed by atoms with Crippen molar-refractivity contribution in [2.45, 2.75) is 45.6 Å². The van der Waals surface area contributed by atoms with Gasteiger partial charge in [0, 0.05) is 19.0 Å². The fourth-order valence-corrected chi connectivity index (χ4v) is 2.11. The molecule has 3 nitrogen and oxygen atoms in total. The van der Waals surface area contributed by atoms with Crippen molar-refractivity contribution < 1.29 is 4.79 Å². The smallest absolute Gasteiger partial charge is 0.220 e. The molecule has 0 bridgehead atoms. The Morgan fingerprint density at radius 1 is 1.35 bits per heavy atom. The molecule has 0 aromatic rings. The monoisotopic (exact) mass is 282 g/mol. The molecule has 0 aliphatic carbocycles. The van der Waals surface area contributed by atoms with Crippen molar-refractivity contribution >= 4 is 30.1 Å². The van der Waals surface area contributed by atoms with Crippen molar-refractivity contribution in [3.63, 3.8) is 0 Å². The van der Waals surface area contributed by atoms with Crippen LogP contribution in [0.15, 0.2) is 0 Å². The van der Waals surface area contributed by atoms with E-state index in [4.69, 9.17) is 5.73 Å². The predicted octanol–water partition coefficient (Wildman–Crippen LogP) is 2.43. The molecule has 0 aliphatic rings. The lowest BCUT2D eigenvalue weighted by Crippen LogP contribution is -2.40. The molecule has 0 heterocycles. The summed E-state index contributed by atoms with van der Waals surface area (Å²) in [5, 5.41) is 3.00. The molecule has 0 fully saturated rings. The molecule has 1 atom stereocenters. The van der Waals surface area contributed by atoms with Crippen LogP contribution in [-0.4, -0.2) is 30.5 Å². The van der Waals surface area contributed by atoms with E-state index in [0.29, 0.717) is 18.9 Å². The molecule has 3 N–H and O–H groups in total. The highest BCUT2D eigenvalue weighted by Gasteiger charge is 2.11. The summed E-state index contributed by atoms with van der Waals surface area (Å²) in [5.74, 6) is 1.86. The number of carbonyl (C=O) groups excluding carboxylic acids is 1. The molecule has 0 saturated carbocycles. The van der Waals surface area contributed by atoms with E-state index in [0.717, 1.165) is 25.0 Å². The van der Waals surface area contributed by atoms with Gasteiger partial charge in [0.15, 0.2) is 0 Å². The Balaban J connectivity index is 0. The number of nitrogens with two attached hydrogens (primary N) is 1. The summed E-state index contributed by atoms with van der Waals surface area (Å²) < 4.78 is 0. The van der Waals surface area contributed by atoms with Gasteiger partial charge in [-0.3, -0.25) is 4.79 Å². The lowest BCUT2D eigenvalue weighted by Gasteiger charge is -2.18. The Morgan fingerprint density at radius 3 is 2.47 bits per heavy atom. The maximum Gasteiger partial charge on any atom is 0.220 e. The van der Waals surface area contributed by atoms with Crippen LogP contribution >= 0.6 is 24.2 Å². The zero-order valence-electron chi connectivity index (χ0n) is 11.2. The van der Waals surface area contributed by atoms with E-state index in [-0.39, 0.29) is 24.4 Å². The highest BCUT2D eigenvalue weighted by atomic mass is 35.5. The average molecular weight is 283 g/mol. The van der Waals surface area contributed by atoms with E-state index in [2.05, 4.69) is 25.4 Å². The van der Waals surface area contributed by atoms with Crippen LogP contribution in [0.1, 0.15) is 39.5 Å². The Labute approximate surface area is 116 Å². The first-order valence-corrected chi connectivity index (χ1v) is 7.47. The molecular formula is C12H27ClN2OS. The van der Waals surface area contributed by atoms with Crippen LogP contribution in [-0.2, 0) is 4.79 Å². The first-order chi connectivity index (χ1) is 7.60. The van der Waals surface area contributed by atoms with Crippen molar-refractivity contribution in [2.75, 3.05) is 18.6 Å². The molecular weight excluding hydrogens is 256 g/mol. The van der Waals surface area contributed by atoms with Gasteiger partial charge in [-0.05, 0) is 37.2 Å². The highest BCUT2D eigenvalue weighted by molar-refractivity contribution is 7.98. The number of hydrogen-bond acceptors (Lipinski definition) is 3. The molecule has 0 saturated heterocycles. The number of rotatable bonds is 9. The van der Waals surface area contributed by atoms with Gasteiger partial charge in [0.25, 0.3) is 0 Å². The van der Waals surface area contributed by atoms with E-state index >= 15 is 0 Å². The number of carbonyl (C=O) groups is 1. The molecule has 0 radical (unpaired) electrons. The van der Waals surface area contributed by atoms with Gasteiger partial charge < -0.3 is 11.1 Å². The van der Waals surface area contributed by atoms with Crippen LogP contribution in [0, 0.1) is 5.92 Å². The van der Waals surface area contributed by atoms with Gasteiger partial charge in [-0.25, -0.2) is 0 Å². The SMILES string of the molecule is CSCCCCC(=O)NC(CN)CC(C)C.Cl. The van der Waals surface area contributed by atoms with Gasteiger partial charge in [-0.2, -0.15) is 11.8 Å². The first kappa shape index (κ1) is 19.4. The van der Waals surface area contributed by atoms with Crippen LogP contribution in [0.4, 0.5) is 0 Å². The summed E-state index contributed by atoms with van der Waals surface area (Å²) in [4.78, 5) is 11.6. The fraction of sp³-hybridized carbons (Fsp3) is 0.917. The standard InChI is InChI=1S/C12H26N2OS.ClH/c1-10(2)8-11(9-13)14-12(15)6-4-5-7-16-3;/h10-11H,4-9,13H2,1-3H3,(H,14,15);1H. The molecule has 0 spiro atoms. The summed E-state index contributed by atoms with van der Waals surface area (Å²) in [7, 11) is 0. The number of amides is 1. The number of halogens is 1. The second-order valence-electron chi connectivity index (χ2n) is 4.58. The summed E-state index contributed by atoms with van der Waals surface area (Å²) in [5.41, 5.74) is 5.63. The molecule has 0 aromatic carbocycles. The minimum absolute atomic E-state index is 0. The summed E-state index contributed by atoms with van der Waals surface area (Å²) in [6, 6.07) is 0.146. The van der Waals surface area contributed by atoms with Crippen LogP contribution in [0.25, 0.3) is 0 Å². The zero-order chi connectivity index (χ0) is 12.4. The van der Waals surface area contributed by atoms with E-state index in [9.17, 15) is 4.79 Å². The Morgan fingerprint density at radius 2 is 2.00 bits per heavy atom. The first-order valence-electron chi connectivity index (χ1n) is 6.08. The molecule has 0 aliphatic heterocycles. The largest absolute Gasteiger partial charge is 0.352 e. The molecule has 1 amide bonds. The van der Waals surface area contributed by atoms with E-state index < -0.39 is 0 Å². The van der Waals surface area contributed by atoms with Crippen LogP contribution in [0.5, 0.6) is 0 Å². The number of nitrogens with one attached hydrogen (secondary N) is 1. The van der Waals surface area contributed by atoms with Crippen molar-refractivity contribution in [1.82, 2.24) is 5.32 Å². The molecule has 104 valence electrons. The predicted molar refractivity (Wildman–Crippen MR) is 79.9 cm³/mol. The number of unbranched alkanes of at least 4 members (excludes halogenated alkanes) is 1. The summed E-state index contributed by atoms with van der Waals surface area (Å²) >= 11 is 1.83. The third kappa shape index (κ3) is 12.3. The van der Waals surface area contributed by atoms with E-state index in [1.54, 1.807) is 0 Å². The molecule has 0 aromatic heterocycles. The molecule has 5 heteroatoms. The maximum atomic E-state index is 11.6. The number of thioether (sulfide) groups is 1. The van der Waals surface area contributed by atoms with Gasteiger partial charge in [0.1, 0.15) is 0 Å². The minimum Gasteiger partial charge on any atom is -0.352 e. The van der Waals surface area contributed by atoms with Gasteiger partial charge in [0.05, 0.1) is 0 Å². The normalized spacial score (nSPS) is 12.1. The lowest BCUT2D eigenvalue weighted by molar-refractivity contribution is -0.121. The third-order valence-corrected chi connectivity index (χ3v) is 3.10. The van der Waals surface area contributed by atoms with Crippen molar-refractivity contribution in [3.8, 4) is 0 Å². The van der Waals surface area contributed by atoms with Gasteiger partial charge in [-0.15, -0.1) is 12.4 Å². The summed E-state index contributed by atoms with van der Waals surface area (Å²) in [6.45, 7) is 4.83. The fourth-order valence-electron chi connectivity index (χ4n) is 1.61. The number of hydrogen-bond donors (Lipinski definition) is 2. The van der Waals surface area contributed by atoms with Gasteiger partial charge in [-0.1, -0.05) is 13.8 Å². The topological polar surface area (TPSA) is 55.1 Å². The zero-order valence-corrected chi connectivity index (χ0v) is 12.8. The van der Waals surface area contributed by atoms with Crippen LogP contribution < -0.4 is 11.1 Å². The Hall–Kier alpha value is 0.0700. The van der Waals surface area contributed by atoms with Crippen LogP contribution in [0.2, 0.25) is 0 Å². The third-order valence-electron chi connectivity index (χ3n) is 2.41. The van der Waals surface area contributed by atoms with E-state index in [1.807, 2.05) is 11.8 Å². The Bertz CT molecular complexity index is 191. The van der Waals surface area contributed by atoms with Crippen molar-refractivity contribution in [3.05, 3.63) is 0 Å². The summed E-state index contributed by atoms with van der Waals surface area (Å²) in [6.07, 6.45) is 5.78. The maximum absolute atomic E-state index is 11.6. The quantitative estimate of drug-likeness (QED) is 0.639. The second kappa shape index (κ2) is 12.5. The molecule has 0 rings (SSSR count). The van der Waals surface area contributed by atoms with Gasteiger partial charge in [0.2, 0.25) is 5.91 Å². The van der Waals surface area contributed by atoms with Crippen LogP contribution in [0.3, 0.4) is 0 Å². The molecule has 1 unspecified atom stereocenters.